The molecule has 0 bridgehead atoms. The van der Waals surface area contributed by atoms with Gasteiger partial charge in [-0.1, -0.05) is 11.3 Å². The van der Waals surface area contributed by atoms with Gasteiger partial charge in [-0.2, -0.15) is 4.98 Å². The number of nitrogens with one attached hydrogen (secondary N) is 1. The molecule has 0 aliphatic carbocycles. The maximum absolute atomic E-state index is 5.18. The average Bonchev–Trinajstić information content (AvgIpc) is 2.46. The van der Waals surface area contributed by atoms with E-state index in [1.807, 2.05) is 12.1 Å². The molecule has 0 radical (unpaired) electrons. The molecule has 0 aliphatic heterocycles. The molecule has 0 saturated heterocycles. The Bertz CT molecular complexity index is 336. The number of rotatable bonds is 1. The van der Waals surface area contributed by atoms with Gasteiger partial charge in [0.05, 0.1) is 4.70 Å². The summed E-state index contributed by atoms with van der Waals surface area (Å²) in [6.07, 6.45) is 1.71. The van der Waals surface area contributed by atoms with E-state index in [0.29, 0.717) is 5.13 Å². The summed E-state index contributed by atoms with van der Waals surface area (Å²) in [6.45, 7) is 0. The Balaban J connectivity index is 2.69. The molecule has 0 fully saturated rings. The Morgan fingerprint density at radius 3 is 3.18 bits per heavy atom. The van der Waals surface area contributed by atoms with Gasteiger partial charge in [-0.25, -0.2) is 10.8 Å². The zero-order valence-corrected chi connectivity index (χ0v) is 6.43. The minimum absolute atomic E-state index is 0.693. The third kappa shape index (κ3) is 1.04. The highest BCUT2D eigenvalue weighted by molar-refractivity contribution is 7.22. The maximum atomic E-state index is 5.18. The van der Waals surface area contributed by atoms with E-state index in [-0.39, 0.29) is 0 Å². The molecule has 2 aromatic heterocycles. The van der Waals surface area contributed by atoms with Crippen LogP contribution in [0.5, 0.6) is 0 Å². The van der Waals surface area contributed by atoms with E-state index < -0.39 is 0 Å². The summed E-state index contributed by atoms with van der Waals surface area (Å²) >= 11 is 1.49. The van der Waals surface area contributed by atoms with E-state index in [9.17, 15) is 0 Å². The molecule has 5 heteroatoms. The van der Waals surface area contributed by atoms with E-state index in [4.69, 9.17) is 5.84 Å². The molecule has 0 unspecified atom stereocenters. The number of hydrazine groups is 1. The number of nitrogens with two attached hydrogens (primary N) is 1. The molecule has 2 rings (SSSR count). The van der Waals surface area contributed by atoms with E-state index >= 15 is 0 Å². The van der Waals surface area contributed by atoms with Crippen LogP contribution in [-0.4, -0.2) is 9.97 Å². The van der Waals surface area contributed by atoms with Gasteiger partial charge >= 0.3 is 0 Å². The minimum Gasteiger partial charge on any atom is -0.300 e. The first kappa shape index (κ1) is 6.51. The quantitative estimate of drug-likeness (QED) is 0.489. The summed E-state index contributed by atoms with van der Waals surface area (Å²) in [5.41, 5.74) is 3.22. The highest BCUT2D eigenvalue weighted by Gasteiger charge is 2.00. The van der Waals surface area contributed by atoms with Gasteiger partial charge < -0.3 is 0 Å². The minimum atomic E-state index is 0.693. The Labute approximate surface area is 67.1 Å². The first-order valence-electron chi connectivity index (χ1n) is 3.08. The van der Waals surface area contributed by atoms with Gasteiger partial charge in [-0.15, -0.1) is 0 Å². The largest absolute Gasteiger partial charge is 0.300 e. The van der Waals surface area contributed by atoms with Crippen LogP contribution < -0.4 is 11.3 Å². The van der Waals surface area contributed by atoms with Crippen molar-refractivity contribution in [1.29, 1.82) is 0 Å². The van der Waals surface area contributed by atoms with E-state index in [0.717, 1.165) is 10.3 Å². The molecule has 0 saturated carbocycles. The van der Waals surface area contributed by atoms with Crippen LogP contribution in [0.15, 0.2) is 18.3 Å². The number of fused-ring (bicyclic) bond motifs is 1. The number of nitrogen functional groups attached to an aromatic ring is 1. The summed E-state index contributed by atoms with van der Waals surface area (Å²) in [5.74, 6) is 5.18. The monoisotopic (exact) mass is 166 g/mol. The zero-order chi connectivity index (χ0) is 7.68. The number of thiazole rings is 1. The van der Waals surface area contributed by atoms with Crippen molar-refractivity contribution in [3.63, 3.8) is 0 Å². The fourth-order valence-electron chi connectivity index (χ4n) is 0.831. The first-order chi connectivity index (χ1) is 5.40. The van der Waals surface area contributed by atoms with Crippen molar-refractivity contribution in [3.05, 3.63) is 18.3 Å². The van der Waals surface area contributed by atoms with Gasteiger partial charge in [0, 0.05) is 6.20 Å². The number of hydrogen-bond donors (Lipinski definition) is 2. The summed E-state index contributed by atoms with van der Waals surface area (Å²) in [7, 11) is 0. The highest BCUT2D eigenvalue weighted by atomic mass is 32.1. The van der Waals surface area contributed by atoms with Gasteiger partial charge in [0.15, 0.2) is 10.8 Å². The second-order valence-electron chi connectivity index (χ2n) is 1.99. The molecular weight excluding hydrogens is 160 g/mol. The van der Waals surface area contributed by atoms with E-state index in [2.05, 4.69) is 15.4 Å². The molecule has 4 nitrogen and oxygen atoms in total. The normalized spacial score (nSPS) is 10.3. The van der Waals surface area contributed by atoms with Gasteiger partial charge in [0.2, 0.25) is 0 Å². The van der Waals surface area contributed by atoms with E-state index in [1.54, 1.807) is 6.20 Å². The van der Waals surface area contributed by atoms with Crippen LogP contribution >= 0.6 is 11.3 Å². The first-order valence-corrected chi connectivity index (χ1v) is 3.90. The number of pyridine rings is 1. The molecule has 3 N–H and O–H groups in total. The van der Waals surface area contributed by atoms with Crippen molar-refractivity contribution < 1.29 is 0 Å². The molecule has 0 aliphatic rings. The summed E-state index contributed by atoms with van der Waals surface area (Å²) < 4.78 is 1.04. The van der Waals surface area contributed by atoms with E-state index in [1.165, 1.54) is 11.3 Å². The Morgan fingerprint density at radius 1 is 1.55 bits per heavy atom. The summed E-state index contributed by atoms with van der Waals surface area (Å²) in [4.78, 5) is 8.16. The number of hydrogen-bond acceptors (Lipinski definition) is 5. The molecule has 0 aromatic carbocycles. The third-order valence-electron chi connectivity index (χ3n) is 1.29. The summed E-state index contributed by atoms with van der Waals surface area (Å²) in [6, 6.07) is 3.83. The lowest BCUT2D eigenvalue weighted by Gasteiger charge is -1.84. The lowest BCUT2D eigenvalue weighted by Crippen LogP contribution is -2.05. The van der Waals surface area contributed by atoms with Crippen molar-refractivity contribution in [2.75, 3.05) is 5.43 Å². The predicted molar refractivity (Wildman–Crippen MR) is 45.2 cm³/mol. The van der Waals surface area contributed by atoms with Crippen LogP contribution in [0.25, 0.3) is 10.3 Å². The fraction of sp³-hybridized carbons (Fsp3) is 0. The zero-order valence-electron chi connectivity index (χ0n) is 5.61. The molecule has 11 heavy (non-hydrogen) atoms. The van der Waals surface area contributed by atoms with Crippen molar-refractivity contribution in [2.45, 2.75) is 0 Å². The molecule has 0 amide bonds. The van der Waals surface area contributed by atoms with Crippen molar-refractivity contribution in [3.8, 4) is 0 Å². The molecule has 56 valence electrons. The Kier molecular flexibility index (Phi) is 1.45. The maximum Gasteiger partial charge on any atom is 0.199 e. The van der Waals surface area contributed by atoms with Crippen LogP contribution in [0.2, 0.25) is 0 Å². The van der Waals surface area contributed by atoms with Crippen molar-refractivity contribution in [1.82, 2.24) is 9.97 Å². The van der Waals surface area contributed by atoms with Gasteiger partial charge in [-0.05, 0) is 12.1 Å². The van der Waals surface area contributed by atoms with Gasteiger partial charge in [0.1, 0.15) is 0 Å². The number of anilines is 1. The SMILES string of the molecule is NNc1nc2ncccc2s1. The van der Waals surface area contributed by atoms with Crippen LogP contribution in [0.4, 0.5) is 5.13 Å². The van der Waals surface area contributed by atoms with Crippen molar-refractivity contribution >= 4 is 26.8 Å². The van der Waals surface area contributed by atoms with Crippen LogP contribution in [0, 0.1) is 0 Å². The van der Waals surface area contributed by atoms with Gasteiger partial charge in [-0.3, -0.25) is 5.43 Å². The molecule has 0 spiro atoms. The van der Waals surface area contributed by atoms with Crippen molar-refractivity contribution in [2.24, 2.45) is 5.84 Å². The number of nitrogens with zero attached hydrogens (tertiary/aromatic N) is 2. The fourth-order valence-corrected chi connectivity index (χ4v) is 1.57. The molecular formula is C6H6N4S. The standard InChI is InChI=1S/C6H6N4S/c7-10-6-9-5-4(11-6)2-1-3-8-5/h1-3H,7H2,(H,8,9,10). The van der Waals surface area contributed by atoms with Gasteiger partial charge in [0.25, 0.3) is 0 Å². The highest BCUT2D eigenvalue weighted by Crippen LogP contribution is 2.22. The third-order valence-corrected chi connectivity index (χ3v) is 2.23. The molecule has 0 atom stereocenters. The average molecular weight is 166 g/mol. The van der Waals surface area contributed by atoms with Crippen LogP contribution in [0.1, 0.15) is 0 Å². The van der Waals surface area contributed by atoms with Crippen LogP contribution in [0.3, 0.4) is 0 Å². The smallest absolute Gasteiger partial charge is 0.199 e. The molecule has 2 aromatic rings. The second-order valence-corrected chi connectivity index (χ2v) is 3.02. The Morgan fingerprint density at radius 2 is 2.45 bits per heavy atom. The molecule has 2 heterocycles. The van der Waals surface area contributed by atoms with Crippen LogP contribution in [-0.2, 0) is 0 Å². The lowest BCUT2D eigenvalue weighted by molar-refractivity contribution is 1.27. The second kappa shape index (κ2) is 2.44. The summed E-state index contributed by atoms with van der Waals surface area (Å²) in [5, 5.41) is 0.693. The topological polar surface area (TPSA) is 63.8 Å². The predicted octanol–water partition coefficient (Wildman–Crippen LogP) is 0.977. The lowest BCUT2D eigenvalue weighted by atomic mass is 10.5. The Hall–Kier alpha value is -1.20. The number of aromatic nitrogens is 2.